The summed E-state index contributed by atoms with van der Waals surface area (Å²) in [5.74, 6) is -0.579. The fraction of sp³-hybridized carbons (Fsp3) is 0.600. The minimum absolute atomic E-state index is 0.00295. The molecule has 1 amide bonds. The molecule has 0 aliphatic carbocycles. The highest BCUT2D eigenvalue weighted by Crippen LogP contribution is 2.24. The Balaban J connectivity index is 1.81. The second-order valence-electron chi connectivity index (χ2n) is 7.39. The summed E-state index contributed by atoms with van der Waals surface area (Å²) in [6.07, 6.45) is 3.67. The molecular weight excluding hydrogens is 394 g/mol. The first-order valence-electron chi connectivity index (χ1n) is 10.3. The highest BCUT2D eigenvalue weighted by atomic mass is 32.2. The minimum atomic E-state index is -3.58. The number of carbonyl (C=O) groups excluding carboxylic acids is 1. The Bertz CT molecular complexity index is 1010. The maximum Gasteiger partial charge on any atom is 0.419 e. The molecule has 160 valence electrons. The van der Waals surface area contributed by atoms with Crippen LogP contribution in [0.25, 0.3) is 11.1 Å². The van der Waals surface area contributed by atoms with Gasteiger partial charge in [0.05, 0.1) is 10.4 Å². The molecule has 3 rings (SSSR count). The molecule has 2 heterocycles. The minimum Gasteiger partial charge on any atom is -0.408 e. The van der Waals surface area contributed by atoms with Crippen molar-refractivity contribution in [2.24, 2.45) is 0 Å². The molecule has 1 aliphatic heterocycles. The number of carbonyl (C=O) groups is 1. The van der Waals surface area contributed by atoms with Crippen LogP contribution < -0.4 is 5.76 Å². The molecule has 2 aromatic rings. The number of oxazole rings is 1. The van der Waals surface area contributed by atoms with Crippen molar-refractivity contribution in [1.29, 1.82) is 0 Å². The van der Waals surface area contributed by atoms with Gasteiger partial charge in [0.1, 0.15) is 0 Å². The maximum absolute atomic E-state index is 12.7. The Morgan fingerprint density at radius 2 is 1.79 bits per heavy atom. The van der Waals surface area contributed by atoms with E-state index in [-0.39, 0.29) is 29.4 Å². The molecular formula is C20H29N3O5S. The Labute approximate surface area is 171 Å². The van der Waals surface area contributed by atoms with Gasteiger partial charge in [-0.15, -0.1) is 0 Å². The van der Waals surface area contributed by atoms with E-state index in [0.717, 1.165) is 25.7 Å². The SMILES string of the molecule is CCCN(CCC)C(=O)CCn1c(=O)oc2cc(S(=O)(=O)N3CCCC3)ccc21. The van der Waals surface area contributed by atoms with Crippen molar-refractivity contribution in [1.82, 2.24) is 13.8 Å². The quantitative estimate of drug-likeness (QED) is 0.618. The van der Waals surface area contributed by atoms with Gasteiger partial charge in [0.25, 0.3) is 0 Å². The lowest BCUT2D eigenvalue weighted by Gasteiger charge is -2.21. The Hall–Kier alpha value is -2.13. The third-order valence-electron chi connectivity index (χ3n) is 5.23. The van der Waals surface area contributed by atoms with Crippen molar-refractivity contribution in [2.75, 3.05) is 26.2 Å². The number of benzene rings is 1. The molecule has 1 aromatic heterocycles. The summed E-state index contributed by atoms with van der Waals surface area (Å²) in [5.41, 5.74) is 0.724. The van der Waals surface area contributed by atoms with Gasteiger partial charge in [-0.1, -0.05) is 13.8 Å². The molecule has 1 fully saturated rings. The normalized spacial score (nSPS) is 15.2. The molecule has 0 unspecified atom stereocenters. The van der Waals surface area contributed by atoms with Gasteiger partial charge in [-0.2, -0.15) is 4.31 Å². The van der Waals surface area contributed by atoms with E-state index in [9.17, 15) is 18.0 Å². The summed E-state index contributed by atoms with van der Waals surface area (Å²) >= 11 is 0. The summed E-state index contributed by atoms with van der Waals surface area (Å²) in [6.45, 7) is 6.68. The lowest BCUT2D eigenvalue weighted by molar-refractivity contribution is -0.131. The molecule has 0 atom stereocenters. The van der Waals surface area contributed by atoms with Crippen LogP contribution >= 0.6 is 0 Å². The zero-order chi connectivity index (χ0) is 21.0. The van der Waals surface area contributed by atoms with Crippen LogP contribution in [0.5, 0.6) is 0 Å². The standard InChI is InChI=1S/C20H29N3O5S/c1-3-10-21(11-4-2)19(24)9-14-23-17-8-7-16(15-18(17)28-20(23)25)29(26,27)22-12-5-6-13-22/h7-8,15H,3-6,9-14H2,1-2H3. The highest BCUT2D eigenvalue weighted by molar-refractivity contribution is 7.89. The maximum atomic E-state index is 12.7. The molecule has 8 nitrogen and oxygen atoms in total. The number of aromatic nitrogens is 1. The van der Waals surface area contributed by atoms with E-state index in [2.05, 4.69) is 0 Å². The second kappa shape index (κ2) is 9.13. The molecule has 9 heteroatoms. The Morgan fingerprint density at radius 3 is 2.41 bits per heavy atom. The van der Waals surface area contributed by atoms with Crippen molar-refractivity contribution < 1.29 is 17.6 Å². The average Bonchev–Trinajstić information content (AvgIpc) is 3.33. The number of rotatable bonds is 9. The predicted octanol–water partition coefficient (Wildman–Crippen LogP) is 2.42. The molecule has 1 saturated heterocycles. The van der Waals surface area contributed by atoms with Gasteiger partial charge in [-0.3, -0.25) is 9.36 Å². The third-order valence-corrected chi connectivity index (χ3v) is 7.13. The van der Waals surface area contributed by atoms with Crippen molar-refractivity contribution in [3.05, 3.63) is 28.7 Å². The number of aryl methyl sites for hydroxylation is 1. The lowest BCUT2D eigenvalue weighted by Crippen LogP contribution is -2.33. The highest BCUT2D eigenvalue weighted by Gasteiger charge is 2.28. The van der Waals surface area contributed by atoms with E-state index >= 15 is 0 Å². The number of hydrogen-bond acceptors (Lipinski definition) is 5. The summed E-state index contributed by atoms with van der Waals surface area (Å²) < 4.78 is 33.6. The molecule has 0 N–H and O–H groups in total. The fourth-order valence-corrected chi connectivity index (χ4v) is 5.30. The van der Waals surface area contributed by atoms with Gasteiger partial charge >= 0.3 is 5.76 Å². The molecule has 0 radical (unpaired) electrons. The average molecular weight is 424 g/mol. The van der Waals surface area contributed by atoms with Crippen LogP contribution in [0.1, 0.15) is 46.0 Å². The van der Waals surface area contributed by atoms with Gasteiger partial charge in [-0.25, -0.2) is 13.2 Å². The third kappa shape index (κ3) is 4.56. The largest absolute Gasteiger partial charge is 0.419 e. The van der Waals surface area contributed by atoms with Gasteiger partial charge < -0.3 is 9.32 Å². The van der Waals surface area contributed by atoms with Gasteiger partial charge in [0.2, 0.25) is 15.9 Å². The van der Waals surface area contributed by atoms with Crippen LogP contribution in [0.15, 0.2) is 32.3 Å². The molecule has 0 bridgehead atoms. The van der Waals surface area contributed by atoms with Crippen molar-refractivity contribution in [3.8, 4) is 0 Å². The predicted molar refractivity (Wildman–Crippen MR) is 110 cm³/mol. The van der Waals surface area contributed by atoms with Crippen LogP contribution in [-0.2, 0) is 21.4 Å². The van der Waals surface area contributed by atoms with Crippen LogP contribution in [-0.4, -0.2) is 54.3 Å². The summed E-state index contributed by atoms with van der Waals surface area (Å²) in [6, 6.07) is 4.50. The van der Waals surface area contributed by atoms with Gasteiger partial charge in [-0.05, 0) is 37.8 Å². The first-order chi connectivity index (χ1) is 13.9. The first-order valence-corrected chi connectivity index (χ1v) is 11.7. The van der Waals surface area contributed by atoms with Crippen LogP contribution in [0, 0.1) is 0 Å². The number of amides is 1. The molecule has 1 aromatic carbocycles. The Morgan fingerprint density at radius 1 is 1.14 bits per heavy atom. The van der Waals surface area contributed by atoms with E-state index in [1.807, 2.05) is 18.7 Å². The lowest BCUT2D eigenvalue weighted by atomic mass is 10.3. The topological polar surface area (TPSA) is 92.8 Å². The molecule has 1 aliphatic rings. The molecule has 0 saturated carbocycles. The number of fused-ring (bicyclic) bond motifs is 1. The van der Waals surface area contributed by atoms with Gasteiger partial charge in [0.15, 0.2) is 5.58 Å². The van der Waals surface area contributed by atoms with E-state index in [1.165, 1.54) is 21.0 Å². The fourth-order valence-electron chi connectivity index (χ4n) is 3.76. The summed E-state index contributed by atoms with van der Waals surface area (Å²) in [7, 11) is -3.58. The second-order valence-corrected chi connectivity index (χ2v) is 9.33. The van der Waals surface area contributed by atoms with E-state index < -0.39 is 15.8 Å². The molecule has 0 spiro atoms. The van der Waals surface area contributed by atoms with Crippen LogP contribution in [0.4, 0.5) is 0 Å². The van der Waals surface area contributed by atoms with Crippen molar-refractivity contribution in [2.45, 2.75) is 57.4 Å². The number of hydrogen-bond donors (Lipinski definition) is 0. The van der Waals surface area contributed by atoms with E-state index in [0.29, 0.717) is 31.7 Å². The van der Waals surface area contributed by atoms with Crippen LogP contribution in [0.3, 0.4) is 0 Å². The first kappa shape index (κ1) is 21.6. The number of nitrogens with zero attached hydrogens (tertiary/aromatic N) is 3. The zero-order valence-electron chi connectivity index (χ0n) is 17.1. The van der Waals surface area contributed by atoms with Gasteiger partial charge in [0, 0.05) is 45.2 Å². The smallest absolute Gasteiger partial charge is 0.408 e. The van der Waals surface area contributed by atoms with Crippen LogP contribution in [0.2, 0.25) is 0 Å². The molecule has 29 heavy (non-hydrogen) atoms. The Kier molecular flexibility index (Phi) is 6.79. The summed E-state index contributed by atoms with van der Waals surface area (Å²) in [5, 5.41) is 0. The van der Waals surface area contributed by atoms with Crippen molar-refractivity contribution >= 4 is 27.0 Å². The van der Waals surface area contributed by atoms with E-state index in [1.54, 1.807) is 6.07 Å². The summed E-state index contributed by atoms with van der Waals surface area (Å²) in [4.78, 5) is 26.7. The monoisotopic (exact) mass is 423 g/mol. The van der Waals surface area contributed by atoms with E-state index in [4.69, 9.17) is 4.42 Å². The zero-order valence-corrected chi connectivity index (χ0v) is 17.9. The number of sulfonamides is 1. The van der Waals surface area contributed by atoms with Crippen molar-refractivity contribution in [3.63, 3.8) is 0 Å².